The standard InChI is InChI=1S/C35H27BrN2O5/c1-18-3-5-21(6-4-18)32(39)19(2)43-35(42)27-17-29(37-28-14-11-24(36)16-26(27)28)20-9-12-25(13-10-20)38-33(40)30-22-7-8-23(15-22)31(30)34(38)41/h3-14,16-17,19,22-23,30-31H,15H2,1-2H3/t19-,22+,23+,30+,31+/m1/s1. The van der Waals surface area contributed by atoms with Crippen molar-refractivity contribution in [3.8, 4) is 11.3 Å². The second-order valence-corrected chi connectivity index (χ2v) is 12.5. The van der Waals surface area contributed by atoms with Crippen LogP contribution >= 0.6 is 15.9 Å². The Morgan fingerprint density at radius 1 is 0.907 bits per heavy atom. The first kappa shape index (κ1) is 27.4. The monoisotopic (exact) mass is 634 g/mol. The fourth-order valence-corrected chi connectivity index (χ4v) is 7.04. The summed E-state index contributed by atoms with van der Waals surface area (Å²) in [6.45, 7) is 3.50. The maximum Gasteiger partial charge on any atom is 0.339 e. The molecule has 4 aromatic rings. The third-order valence-electron chi connectivity index (χ3n) is 8.87. The molecule has 0 radical (unpaired) electrons. The number of Topliss-reactive ketones (excluding diaryl/α,β-unsaturated/α-hetero) is 1. The van der Waals surface area contributed by atoms with Crippen molar-refractivity contribution in [3.05, 3.63) is 106 Å². The van der Waals surface area contributed by atoms with E-state index in [1.165, 1.54) is 4.90 Å². The van der Waals surface area contributed by atoms with Crippen LogP contribution in [-0.4, -0.2) is 34.7 Å². The van der Waals surface area contributed by atoms with Gasteiger partial charge in [0.25, 0.3) is 0 Å². The van der Waals surface area contributed by atoms with Gasteiger partial charge in [-0.2, -0.15) is 0 Å². The predicted molar refractivity (Wildman–Crippen MR) is 165 cm³/mol. The Kier molecular flexibility index (Phi) is 6.62. The highest BCUT2D eigenvalue weighted by Gasteiger charge is 2.59. The fourth-order valence-electron chi connectivity index (χ4n) is 6.68. The Morgan fingerprint density at radius 3 is 2.21 bits per heavy atom. The minimum atomic E-state index is -0.992. The molecule has 2 aliphatic carbocycles. The number of carbonyl (C=O) groups excluding carboxylic acids is 4. The minimum Gasteiger partial charge on any atom is -0.451 e. The molecule has 1 aromatic heterocycles. The number of rotatable bonds is 6. The molecule has 0 spiro atoms. The molecule has 3 aromatic carbocycles. The number of aromatic nitrogens is 1. The van der Waals surface area contributed by atoms with Crippen molar-refractivity contribution in [1.82, 2.24) is 4.98 Å². The SMILES string of the molecule is Cc1ccc(C(=O)[C@@H](C)OC(=O)c2cc(-c3ccc(N4C(=O)[C@@H]5[C@@H](C4=O)[C@H]4C=C[C@H]5C4)cc3)nc3ccc(Br)cc23)cc1. The van der Waals surface area contributed by atoms with Gasteiger partial charge in [-0.05, 0) is 68.5 Å². The van der Waals surface area contributed by atoms with E-state index < -0.39 is 12.1 Å². The number of benzene rings is 3. The summed E-state index contributed by atoms with van der Waals surface area (Å²) in [5.74, 6) is -1.44. The number of carbonyl (C=O) groups is 4. The number of halogens is 1. The molecule has 214 valence electrons. The van der Waals surface area contributed by atoms with Crippen LogP contribution in [0.1, 0.15) is 39.6 Å². The average Bonchev–Trinajstić information content (AvgIpc) is 3.70. The summed E-state index contributed by atoms with van der Waals surface area (Å²) in [6.07, 6.45) is 4.05. The maximum atomic E-state index is 13.5. The summed E-state index contributed by atoms with van der Waals surface area (Å²) in [4.78, 5) is 59.1. The first-order chi connectivity index (χ1) is 20.7. The van der Waals surface area contributed by atoms with Crippen LogP contribution in [0, 0.1) is 30.6 Å². The summed E-state index contributed by atoms with van der Waals surface area (Å²) in [5.41, 5.74) is 4.10. The molecule has 7 rings (SSSR count). The maximum absolute atomic E-state index is 13.5. The molecule has 1 aliphatic heterocycles. The van der Waals surface area contributed by atoms with E-state index >= 15 is 0 Å². The predicted octanol–water partition coefficient (Wildman–Crippen LogP) is 6.71. The lowest BCUT2D eigenvalue weighted by atomic mass is 9.85. The lowest BCUT2D eigenvalue weighted by Gasteiger charge is -2.18. The minimum absolute atomic E-state index is 0.131. The Morgan fingerprint density at radius 2 is 1.56 bits per heavy atom. The Balaban J connectivity index is 1.18. The Hall–Kier alpha value is -4.43. The summed E-state index contributed by atoms with van der Waals surface area (Å²) in [6, 6.07) is 21.3. The highest BCUT2D eigenvalue weighted by molar-refractivity contribution is 9.10. The number of anilines is 1. The van der Waals surface area contributed by atoms with Gasteiger partial charge in [0.1, 0.15) is 0 Å². The molecule has 2 fully saturated rings. The number of esters is 1. The largest absolute Gasteiger partial charge is 0.451 e. The molecule has 2 heterocycles. The fraction of sp³-hybridized carbons (Fsp3) is 0.229. The number of hydrogen-bond donors (Lipinski definition) is 0. The molecule has 1 saturated heterocycles. The van der Waals surface area contributed by atoms with Crippen LogP contribution in [-0.2, 0) is 14.3 Å². The van der Waals surface area contributed by atoms with Crippen molar-refractivity contribution in [2.75, 3.05) is 4.90 Å². The molecule has 7 nitrogen and oxygen atoms in total. The number of ketones is 1. The van der Waals surface area contributed by atoms with Gasteiger partial charge >= 0.3 is 5.97 Å². The number of imide groups is 1. The number of ether oxygens (including phenoxy) is 1. The van der Waals surface area contributed by atoms with Crippen molar-refractivity contribution in [2.24, 2.45) is 23.7 Å². The second kappa shape index (κ2) is 10.4. The van der Waals surface area contributed by atoms with Crippen LogP contribution in [0.5, 0.6) is 0 Å². The van der Waals surface area contributed by atoms with Gasteiger partial charge in [-0.15, -0.1) is 0 Å². The first-order valence-corrected chi connectivity index (χ1v) is 15.1. The van der Waals surface area contributed by atoms with Gasteiger partial charge in [0, 0.05) is 21.0 Å². The van der Waals surface area contributed by atoms with Crippen LogP contribution in [0.15, 0.2) is 89.4 Å². The second-order valence-electron chi connectivity index (χ2n) is 11.6. The summed E-state index contributed by atoms with van der Waals surface area (Å²) < 4.78 is 6.44. The topological polar surface area (TPSA) is 93.6 Å². The molecule has 0 N–H and O–H groups in total. The van der Waals surface area contributed by atoms with E-state index in [1.54, 1.807) is 61.5 Å². The van der Waals surface area contributed by atoms with Gasteiger partial charge in [0.2, 0.25) is 17.6 Å². The molecular weight excluding hydrogens is 608 g/mol. The quantitative estimate of drug-likeness (QED) is 0.101. The Bertz CT molecular complexity index is 1830. The van der Waals surface area contributed by atoms with Crippen LogP contribution < -0.4 is 4.90 Å². The number of fused-ring (bicyclic) bond motifs is 6. The summed E-state index contributed by atoms with van der Waals surface area (Å²) in [7, 11) is 0. The van der Waals surface area contributed by atoms with Gasteiger partial charge in [-0.25, -0.2) is 9.78 Å². The van der Waals surface area contributed by atoms with Crippen molar-refractivity contribution >= 4 is 56.1 Å². The van der Waals surface area contributed by atoms with E-state index in [0.717, 1.165) is 16.5 Å². The zero-order chi connectivity index (χ0) is 30.0. The van der Waals surface area contributed by atoms with Gasteiger partial charge in [0.15, 0.2) is 6.10 Å². The lowest BCUT2D eigenvalue weighted by Crippen LogP contribution is -2.32. The van der Waals surface area contributed by atoms with Gasteiger partial charge in [-0.1, -0.05) is 70.0 Å². The molecule has 2 amide bonds. The number of hydrogen-bond acceptors (Lipinski definition) is 6. The van der Waals surface area contributed by atoms with Crippen molar-refractivity contribution < 1.29 is 23.9 Å². The van der Waals surface area contributed by atoms with Crippen LogP contribution in [0.2, 0.25) is 0 Å². The smallest absolute Gasteiger partial charge is 0.339 e. The molecular formula is C35H27BrN2O5. The van der Waals surface area contributed by atoms with Crippen LogP contribution in [0.4, 0.5) is 5.69 Å². The van der Waals surface area contributed by atoms with Crippen LogP contribution in [0.25, 0.3) is 22.2 Å². The third-order valence-corrected chi connectivity index (χ3v) is 9.36. The lowest BCUT2D eigenvalue weighted by molar-refractivity contribution is -0.123. The number of amides is 2. The molecule has 43 heavy (non-hydrogen) atoms. The van der Waals surface area contributed by atoms with E-state index in [9.17, 15) is 19.2 Å². The van der Waals surface area contributed by atoms with E-state index in [0.29, 0.717) is 33.4 Å². The summed E-state index contributed by atoms with van der Waals surface area (Å²) >= 11 is 3.47. The zero-order valence-corrected chi connectivity index (χ0v) is 25.1. The third kappa shape index (κ3) is 4.61. The molecule has 3 aliphatic rings. The van der Waals surface area contributed by atoms with Crippen molar-refractivity contribution in [3.63, 3.8) is 0 Å². The number of aryl methyl sites for hydroxylation is 1. The highest BCUT2D eigenvalue weighted by atomic mass is 79.9. The summed E-state index contributed by atoms with van der Waals surface area (Å²) in [5, 5.41) is 0.581. The Labute approximate surface area is 256 Å². The zero-order valence-electron chi connectivity index (χ0n) is 23.5. The van der Waals surface area contributed by atoms with E-state index in [1.807, 2.05) is 25.1 Å². The number of pyridine rings is 1. The van der Waals surface area contributed by atoms with E-state index in [2.05, 4.69) is 28.1 Å². The molecule has 8 heteroatoms. The molecule has 1 saturated carbocycles. The van der Waals surface area contributed by atoms with Crippen molar-refractivity contribution in [2.45, 2.75) is 26.4 Å². The highest BCUT2D eigenvalue weighted by Crippen LogP contribution is 2.53. The van der Waals surface area contributed by atoms with Gasteiger partial charge < -0.3 is 4.74 Å². The molecule has 5 atom stereocenters. The molecule has 2 bridgehead atoms. The van der Waals surface area contributed by atoms with Crippen molar-refractivity contribution in [1.29, 1.82) is 0 Å². The van der Waals surface area contributed by atoms with Crippen LogP contribution in [0.3, 0.4) is 0 Å². The number of allylic oxidation sites excluding steroid dienone is 2. The van der Waals surface area contributed by atoms with Gasteiger partial charge in [0.05, 0.1) is 34.3 Å². The van der Waals surface area contributed by atoms with E-state index in [4.69, 9.17) is 9.72 Å². The first-order valence-electron chi connectivity index (χ1n) is 14.3. The normalized spacial score (nSPS) is 22.7. The average molecular weight is 636 g/mol. The van der Waals surface area contributed by atoms with Gasteiger partial charge in [-0.3, -0.25) is 19.3 Å². The number of nitrogens with zero attached hydrogens (tertiary/aromatic N) is 2. The molecule has 0 unspecified atom stereocenters. The van der Waals surface area contributed by atoms with E-state index in [-0.39, 0.29) is 46.8 Å².